The van der Waals surface area contributed by atoms with Crippen molar-refractivity contribution in [2.75, 3.05) is 17.5 Å². The molecule has 1 unspecified atom stereocenters. The van der Waals surface area contributed by atoms with Crippen molar-refractivity contribution in [1.29, 1.82) is 0 Å². The smallest absolute Gasteiger partial charge is 0.269 e. The summed E-state index contributed by atoms with van der Waals surface area (Å²) in [5.74, 6) is 6.07. The number of hydrogen-bond acceptors (Lipinski definition) is 7. The molecule has 5 aromatic rings. The molecule has 0 N–H and O–H groups in total. The molecular formula is C43H43N3O7S2Si. The van der Waals surface area contributed by atoms with E-state index >= 15 is 0 Å². The van der Waals surface area contributed by atoms with Crippen LogP contribution < -0.4 is 14.7 Å². The second kappa shape index (κ2) is 15.1. The second-order valence-electron chi connectivity index (χ2n) is 15.2. The Bertz CT molecular complexity index is 2480. The number of nitro benzene ring substituents is 1. The van der Waals surface area contributed by atoms with Crippen LogP contribution in [0.2, 0.25) is 5.04 Å². The van der Waals surface area contributed by atoms with Crippen LogP contribution in [-0.2, 0) is 24.5 Å². The Morgan fingerprint density at radius 1 is 0.768 bits per heavy atom. The lowest BCUT2D eigenvalue weighted by Gasteiger charge is -2.42. The van der Waals surface area contributed by atoms with Crippen molar-refractivity contribution in [2.24, 2.45) is 0 Å². The van der Waals surface area contributed by atoms with Crippen molar-refractivity contribution in [1.82, 2.24) is 4.31 Å². The van der Waals surface area contributed by atoms with E-state index in [9.17, 15) is 26.9 Å². The van der Waals surface area contributed by atoms with E-state index in [0.29, 0.717) is 12.1 Å². The third-order valence-electron chi connectivity index (χ3n) is 10.7. The quantitative estimate of drug-likeness (QED) is 0.0484. The maximum absolute atomic E-state index is 14.2. The summed E-state index contributed by atoms with van der Waals surface area (Å²) in [6, 6.07) is 37.9. The first kappa shape index (κ1) is 39.1. The number of para-hydroxylation sites is 1. The van der Waals surface area contributed by atoms with Gasteiger partial charge >= 0.3 is 0 Å². The third kappa shape index (κ3) is 7.19. The monoisotopic (exact) mass is 805 g/mol. The summed E-state index contributed by atoms with van der Waals surface area (Å²) in [4.78, 5) is 10.9. The molecular weight excluding hydrogens is 763 g/mol. The Labute approximate surface area is 330 Å². The Kier molecular flexibility index (Phi) is 10.6. The van der Waals surface area contributed by atoms with Gasteiger partial charge in [-0.25, -0.2) is 16.8 Å². The minimum absolute atomic E-state index is 0.0523. The molecule has 5 aromatic carbocycles. The van der Waals surface area contributed by atoms with Gasteiger partial charge in [-0.15, -0.1) is 0 Å². The van der Waals surface area contributed by atoms with Crippen molar-refractivity contribution in [3.8, 4) is 11.8 Å². The second-order valence-corrected chi connectivity index (χ2v) is 23.2. The predicted molar refractivity (Wildman–Crippen MR) is 221 cm³/mol. The standard InChI is InChI=1S/C43H43N3O7S2Si/c1-32-21-25-35(26-22-32)54(49,50)44-31-33(39-18-11-12-19-40(39)44)30-42-41(45(42)55(51,52)36-27-23-34(24-28-36)46(47)48)20-13-29-53-56(43(2,3)4,37-14-7-5-8-15-37)38-16-9-6-10-17-38/h5-12,14-19,21-28,33,41-42H,29-31H2,1-4H3/t33-,41+,42+,45?/m0/s1. The summed E-state index contributed by atoms with van der Waals surface area (Å²) < 4.78 is 66.1. The van der Waals surface area contributed by atoms with Crippen LogP contribution >= 0.6 is 0 Å². The largest absolute Gasteiger partial charge is 0.396 e. The zero-order valence-electron chi connectivity index (χ0n) is 31.6. The Morgan fingerprint density at radius 3 is 1.88 bits per heavy atom. The summed E-state index contributed by atoms with van der Waals surface area (Å²) in [5.41, 5.74) is 2.09. The molecule has 1 fully saturated rings. The molecule has 0 spiro atoms. The van der Waals surface area contributed by atoms with Gasteiger partial charge in [0.2, 0.25) is 10.0 Å². The van der Waals surface area contributed by atoms with Gasteiger partial charge in [-0.05, 0) is 64.7 Å². The molecule has 10 nitrogen and oxygen atoms in total. The fourth-order valence-electron chi connectivity index (χ4n) is 7.91. The van der Waals surface area contributed by atoms with Crippen molar-refractivity contribution in [2.45, 2.75) is 66.9 Å². The molecule has 0 radical (unpaired) electrons. The van der Waals surface area contributed by atoms with E-state index in [4.69, 9.17) is 4.43 Å². The zero-order valence-corrected chi connectivity index (χ0v) is 34.2. The van der Waals surface area contributed by atoms with Crippen molar-refractivity contribution < 1.29 is 26.2 Å². The maximum Gasteiger partial charge on any atom is 0.269 e. The van der Waals surface area contributed by atoms with E-state index in [1.807, 2.05) is 55.5 Å². The van der Waals surface area contributed by atoms with Crippen LogP contribution in [-0.4, -0.2) is 59.6 Å². The van der Waals surface area contributed by atoms with Gasteiger partial charge in [0.1, 0.15) is 6.04 Å². The Hall–Kier alpha value is -5.10. The van der Waals surface area contributed by atoms with Crippen molar-refractivity contribution in [3.63, 3.8) is 0 Å². The number of nitrogens with zero attached hydrogens (tertiary/aromatic N) is 3. The van der Waals surface area contributed by atoms with Crippen LogP contribution in [0.3, 0.4) is 0 Å². The van der Waals surface area contributed by atoms with Gasteiger partial charge in [-0.2, -0.15) is 4.31 Å². The van der Waals surface area contributed by atoms with Gasteiger partial charge in [0.05, 0.1) is 33.1 Å². The topological polar surface area (TPSA) is 127 Å². The fourth-order valence-corrected chi connectivity index (χ4v) is 15.6. The lowest BCUT2D eigenvalue weighted by Crippen LogP contribution is -2.66. The van der Waals surface area contributed by atoms with Gasteiger partial charge < -0.3 is 4.43 Å². The molecule has 1 saturated heterocycles. The molecule has 0 saturated carbocycles. The SMILES string of the molecule is Cc1ccc(S(=O)(=O)N2C[C@H](C[C@@H]3[C@@H](C#CCO[Si](c4ccccc4)(c4ccccc4)C(C)(C)C)N3S(=O)(=O)c3ccc([N+](=O)[O-])cc3)c3ccccc32)cc1. The molecule has 0 bridgehead atoms. The molecule has 0 aliphatic carbocycles. The predicted octanol–water partition coefficient (Wildman–Crippen LogP) is 6.61. The summed E-state index contributed by atoms with van der Waals surface area (Å²) >= 11 is 0. The van der Waals surface area contributed by atoms with E-state index < -0.39 is 45.4 Å². The van der Waals surface area contributed by atoms with Crippen molar-refractivity contribution in [3.05, 3.63) is 155 Å². The van der Waals surface area contributed by atoms with Gasteiger partial charge in [-0.3, -0.25) is 14.4 Å². The molecule has 0 amide bonds. The van der Waals surface area contributed by atoms with E-state index in [1.165, 1.54) is 32.9 Å². The number of non-ortho nitro benzene ring substituents is 1. The van der Waals surface area contributed by atoms with Crippen LogP contribution in [0, 0.1) is 28.9 Å². The lowest BCUT2D eigenvalue weighted by molar-refractivity contribution is -0.384. The van der Waals surface area contributed by atoms with E-state index in [2.05, 4.69) is 56.9 Å². The zero-order chi connectivity index (χ0) is 39.9. The number of nitro groups is 1. The minimum Gasteiger partial charge on any atom is -0.396 e. The van der Waals surface area contributed by atoms with E-state index in [1.54, 1.807) is 36.4 Å². The Morgan fingerprint density at radius 2 is 1.30 bits per heavy atom. The van der Waals surface area contributed by atoms with Crippen LogP contribution in [0.15, 0.2) is 143 Å². The molecule has 56 heavy (non-hydrogen) atoms. The number of fused-ring (bicyclic) bond motifs is 1. The fraction of sp³-hybridized carbons (Fsp3) is 0.256. The molecule has 0 aromatic heterocycles. The molecule has 2 aliphatic heterocycles. The molecule has 4 atom stereocenters. The summed E-state index contributed by atoms with van der Waals surface area (Å²) in [7, 11) is -11.0. The first-order valence-corrected chi connectivity index (χ1v) is 23.1. The van der Waals surface area contributed by atoms with Crippen LogP contribution in [0.1, 0.15) is 44.2 Å². The van der Waals surface area contributed by atoms with Gasteiger partial charge in [0.15, 0.2) is 0 Å². The number of benzene rings is 5. The van der Waals surface area contributed by atoms with Crippen LogP contribution in [0.4, 0.5) is 11.4 Å². The van der Waals surface area contributed by atoms with Crippen molar-refractivity contribution >= 4 is 50.1 Å². The molecule has 13 heteroatoms. The van der Waals surface area contributed by atoms with Gasteiger partial charge in [0, 0.05) is 24.6 Å². The minimum atomic E-state index is -4.15. The maximum atomic E-state index is 14.2. The third-order valence-corrected chi connectivity index (χ3v) is 19.4. The number of anilines is 1. The summed E-state index contributed by atoms with van der Waals surface area (Å²) in [6.07, 6.45) is 0.304. The highest BCUT2D eigenvalue weighted by atomic mass is 32.2. The van der Waals surface area contributed by atoms with Gasteiger partial charge in [-0.1, -0.05) is 129 Å². The van der Waals surface area contributed by atoms with Gasteiger partial charge in [0.25, 0.3) is 24.0 Å². The molecule has 2 aliphatic rings. The first-order valence-electron chi connectivity index (χ1n) is 18.4. The number of rotatable bonds is 11. The van der Waals surface area contributed by atoms with Crippen LogP contribution in [0.25, 0.3) is 0 Å². The molecule has 288 valence electrons. The van der Waals surface area contributed by atoms with Crippen LogP contribution in [0.5, 0.6) is 0 Å². The Balaban J connectivity index is 1.21. The number of aryl methyl sites for hydroxylation is 1. The highest BCUT2D eigenvalue weighted by molar-refractivity contribution is 7.92. The molecule has 2 heterocycles. The highest BCUT2D eigenvalue weighted by Gasteiger charge is 2.56. The average molecular weight is 806 g/mol. The highest BCUT2D eigenvalue weighted by Crippen LogP contribution is 2.47. The van der Waals surface area contributed by atoms with E-state index in [-0.39, 0.29) is 39.6 Å². The normalized spacial score (nSPS) is 19.5. The lowest BCUT2D eigenvalue weighted by atomic mass is 9.95. The number of hydrogen-bond donors (Lipinski definition) is 0. The summed E-state index contributed by atoms with van der Waals surface area (Å²) in [6.45, 7) is 8.59. The van der Waals surface area contributed by atoms with E-state index in [0.717, 1.165) is 21.5 Å². The number of sulfonamides is 2. The average Bonchev–Trinajstić information content (AvgIpc) is 3.76. The first-order chi connectivity index (χ1) is 26.7. The summed E-state index contributed by atoms with van der Waals surface area (Å²) in [5, 5.41) is 13.2. The molecule has 7 rings (SSSR count).